The Morgan fingerprint density at radius 2 is 2.00 bits per heavy atom. The van der Waals surface area contributed by atoms with Gasteiger partial charge in [0.05, 0.1) is 5.56 Å². The second-order valence-electron chi connectivity index (χ2n) is 4.40. The molecule has 0 saturated carbocycles. The fraction of sp³-hybridized carbons (Fsp3) is 0.333. The first-order chi connectivity index (χ1) is 9.54. The minimum Gasteiger partial charge on any atom is -0.478 e. The van der Waals surface area contributed by atoms with Crippen molar-refractivity contribution in [2.45, 2.75) is 19.4 Å². The number of hydrogen-bond donors (Lipinski definition) is 2. The van der Waals surface area contributed by atoms with Gasteiger partial charge in [0.2, 0.25) is 0 Å². The molecule has 0 aliphatic carbocycles. The van der Waals surface area contributed by atoms with E-state index in [1.807, 2.05) is 0 Å². The summed E-state index contributed by atoms with van der Waals surface area (Å²) in [5.74, 6) is 1.55. The van der Waals surface area contributed by atoms with Crippen molar-refractivity contribution in [3.63, 3.8) is 0 Å². The molecule has 0 bridgehead atoms. The molecule has 1 aromatic carbocycles. The van der Waals surface area contributed by atoms with E-state index in [9.17, 15) is 9.59 Å². The fourth-order valence-electron chi connectivity index (χ4n) is 1.62. The molecule has 0 atom stereocenters. The van der Waals surface area contributed by atoms with E-state index in [0.29, 0.717) is 19.5 Å². The third kappa shape index (κ3) is 5.02. The minimum atomic E-state index is -0.962. The zero-order valence-electron chi connectivity index (χ0n) is 11.4. The Balaban J connectivity index is 2.45. The van der Waals surface area contributed by atoms with E-state index in [2.05, 4.69) is 11.2 Å². The number of carboxylic acids is 1. The highest BCUT2D eigenvalue weighted by Crippen LogP contribution is 2.07. The van der Waals surface area contributed by atoms with Crippen molar-refractivity contribution in [2.24, 2.45) is 0 Å². The van der Waals surface area contributed by atoms with Crippen LogP contribution >= 0.6 is 0 Å². The van der Waals surface area contributed by atoms with E-state index in [4.69, 9.17) is 11.5 Å². The van der Waals surface area contributed by atoms with Crippen LogP contribution in [0.15, 0.2) is 24.3 Å². The molecule has 106 valence electrons. The van der Waals surface area contributed by atoms with Crippen LogP contribution in [0.1, 0.15) is 28.8 Å². The Morgan fingerprint density at radius 1 is 1.35 bits per heavy atom. The first-order valence-electron chi connectivity index (χ1n) is 6.29. The zero-order valence-corrected chi connectivity index (χ0v) is 11.4. The maximum absolute atomic E-state index is 11.8. The predicted molar refractivity (Wildman–Crippen MR) is 76.3 cm³/mol. The van der Waals surface area contributed by atoms with Crippen molar-refractivity contribution in [3.8, 4) is 12.3 Å². The lowest BCUT2D eigenvalue weighted by molar-refractivity contribution is 0.0697. The Kier molecular flexibility index (Phi) is 6.11. The number of carboxylic acid groups (broad SMARTS) is 1. The molecular weight excluding hydrogens is 256 g/mol. The first kappa shape index (κ1) is 15.6. The highest BCUT2D eigenvalue weighted by atomic mass is 16.4. The molecule has 0 aliphatic rings. The molecule has 0 spiro atoms. The Morgan fingerprint density at radius 3 is 2.55 bits per heavy atom. The number of amides is 2. The summed E-state index contributed by atoms with van der Waals surface area (Å²) in [6, 6.07) is 6.27. The summed E-state index contributed by atoms with van der Waals surface area (Å²) in [6.45, 7) is 0.964. The quantitative estimate of drug-likeness (QED) is 0.615. The molecule has 2 N–H and O–H groups in total. The van der Waals surface area contributed by atoms with Gasteiger partial charge in [0.1, 0.15) is 0 Å². The summed E-state index contributed by atoms with van der Waals surface area (Å²) in [5, 5.41) is 11.6. The van der Waals surface area contributed by atoms with E-state index < -0.39 is 5.97 Å². The minimum absolute atomic E-state index is 0.177. The second-order valence-corrected chi connectivity index (χ2v) is 4.40. The number of rotatable bonds is 6. The van der Waals surface area contributed by atoms with Gasteiger partial charge in [-0.1, -0.05) is 12.1 Å². The lowest BCUT2D eigenvalue weighted by Crippen LogP contribution is -2.37. The molecule has 20 heavy (non-hydrogen) atoms. The predicted octanol–water partition coefficient (Wildman–Crippen LogP) is 1.94. The number of terminal acetylenes is 1. The van der Waals surface area contributed by atoms with Gasteiger partial charge in [-0.25, -0.2) is 9.59 Å². The third-order valence-electron chi connectivity index (χ3n) is 2.74. The fourth-order valence-corrected chi connectivity index (χ4v) is 1.62. The lowest BCUT2D eigenvalue weighted by Gasteiger charge is -2.18. The molecule has 2 amide bonds. The van der Waals surface area contributed by atoms with E-state index in [1.165, 1.54) is 17.0 Å². The van der Waals surface area contributed by atoms with Crippen molar-refractivity contribution in [3.05, 3.63) is 35.4 Å². The molecule has 0 aliphatic heterocycles. The van der Waals surface area contributed by atoms with E-state index in [-0.39, 0.29) is 11.6 Å². The Hall–Kier alpha value is -2.48. The van der Waals surface area contributed by atoms with Gasteiger partial charge in [-0.15, -0.1) is 12.3 Å². The van der Waals surface area contributed by atoms with Gasteiger partial charge in [0.15, 0.2) is 0 Å². The van der Waals surface area contributed by atoms with Crippen molar-refractivity contribution in [1.82, 2.24) is 10.2 Å². The van der Waals surface area contributed by atoms with Gasteiger partial charge < -0.3 is 15.3 Å². The average Bonchev–Trinajstić information content (AvgIpc) is 2.44. The van der Waals surface area contributed by atoms with E-state index in [0.717, 1.165) is 12.0 Å². The summed E-state index contributed by atoms with van der Waals surface area (Å²) >= 11 is 0. The normalized spacial score (nSPS) is 9.60. The van der Waals surface area contributed by atoms with Gasteiger partial charge >= 0.3 is 12.0 Å². The number of unbranched alkanes of at least 4 members (excludes halogenated alkanes) is 1. The Labute approximate surface area is 118 Å². The molecule has 0 saturated heterocycles. The summed E-state index contributed by atoms with van der Waals surface area (Å²) in [4.78, 5) is 24.0. The number of carbonyl (C=O) groups is 2. The monoisotopic (exact) mass is 274 g/mol. The van der Waals surface area contributed by atoms with Crippen LogP contribution in [0, 0.1) is 12.3 Å². The standard InChI is InChI=1S/C15H18N2O3/c1-3-4-5-10-16-15(20)17(2)11-12-6-8-13(9-7-12)14(18)19/h1,6-9H,4-5,10-11H2,2H3,(H,16,20)(H,18,19). The van der Waals surface area contributed by atoms with Crippen LogP contribution in [-0.2, 0) is 6.54 Å². The molecule has 1 rings (SSSR count). The lowest BCUT2D eigenvalue weighted by atomic mass is 10.1. The van der Waals surface area contributed by atoms with Gasteiger partial charge in [0, 0.05) is 26.6 Å². The summed E-state index contributed by atoms with van der Waals surface area (Å²) < 4.78 is 0. The summed E-state index contributed by atoms with van der Waals surface area (Å²) in [6.07, 6.45) is 6.52. The van der Waals surface area contributed by atoms with Gasteiger partial charge in [-0.2, -0.15) is 0 Å². The van der Waals surface area contributed by atoms with Crippen molar-refractivity contribution >= 4 is 12.0 Å². The van der Waals surface area contributed by atoms with Crippen molar-refractivity contribution in [2.75, 3.05) is 13.6 Å². The summed E-state index contributed by atoms with van der Waals surface area (Å²) in [7, 11) is 1.68. The molecular formula is C15H18N2O3. The number of benzene rings is 1. The molecule has 0 fully saturated rings. The van der Waals surface area contributed by atoms with E-state index >= 15 is 0 Å². The summed E-state index contributed by atoms with van der Waals surface area (Å²) in [5.41, 5.74) is 1.10. The SMILES string of the molecule is C#CCCCNC(=O)N(C)Cc1ccc(C(=O)O)cc1. The van der Waals surface area contributed by atoms with Crippen LogP contribution in [0.2, 0.25) is 0 Å². The molecule has 0 radical (unpaired) electrons. The van der Waals surface area contributed by atoms with Crippen LogP contribution in [0.4, 0.5) is 4.79 Å². The number of nitrogens with zero attached hydrogens (tertiary/aromatic N) is 1. The smallest absolute Gasteiger partial charge is 0.335 e. The molecule has 5 nitrogen and oxygen atoms in total. The maximum Gasteiger partial charge on any atom is 0.335 e. The van der Waals surface area contributed by atoms with Gasteiger partial charge in [-0.05, 0) is 24.1 Å². The van der Waals surface area contributed by atoms with E-state index in [1.54, 1.807) is 19.2 Å². The second kappa shape index (κ2) is 7.85. The first-order valence-corrected chi connectivity index (χ1v) is 6.29. The largest absolute Gasteiger partial charge is 0.478 e. The number of urea groups is 1. The third-order valence-corrected chi connectivity index (χ3v) is 2.74. The molecule has 1 aromatic rings. The van der Waals surface area contributed by atoms with Crippen LogP contribution in [0.25, 0.3) is 0 Å². The van der Waals surface area contributed by atoms with Gasteiger partial charge in [-0.3, -0.25) is 0 Å². The molecule has 5 heteroatoms. The van der Waals surface area contributed by atoms with Crippen molar-refractivity contribution in [1.29, 1.82) is 0 Å². The Bertz CT molecular complexity index is 503. The number of aromatic carboxylic acids is 1. The van der Waals surface area contributed by atoms with Crippen molar-refractivity contribution < 1.29 is 14.7 Å². The van der Waals surface area contributed by atoms with Crippen LogP contribution in [-0.4, -0.2) is 35.6 Å². The topological polar surface area (TPSA) is 69.6 Å². The zero-order chi connectivity index (χ0) is 15.0. The molecule has 0 aromatic heterocycles. The molecule has 0 unspecified atom stereocenters. The number of carbonyl (C=O) groups excluding carboxylic acids is 1. The number of hydrogen-bond acceptors (Lipinski definition) is 2. The average molecular weight is 274 g/mol. The van der Waals surface area contributed by atoms with Gasteiger partial charge in [0.25, 0.3) is 0 Å². The van der Waals surface area contributed by atoms with Crippen LogP contribution < -0.4 is 5.32 Å². The van der Waals surface area contributed by atoms with Crippen LogP contribution in [0.5, 0.6) is 0 Å². The molecule has 0 heterocycles. The number of nitrogens with one attached hydrogen (secondary N) is 1. The highest BCUT2D eigenvalue weighted by Gasteiger charge is 2.09. The highest BCUT2D eigenvalue weighted by molar-refractivity contribution is 5.87. The van der Waals surface area contributed by atoms with Crippen LogP contribution in [0.3, 0.4) is 0 Å². The maximum atomic E-state index is 11.8.